The summed E-state index contributed by atoms with van der Waals surface area (Å²) in [4.78, 5) is 7.74. The molecule has 1 aromatic heterocycles. The Morgan fingerprint density at radius 1 is 1.09 bits per heavy atom. The third kappa shape index (κ3) is 6.33. The molecule has 8 nitrogen and oxygen atoms in total. The van der Waals surface area contributed by atoms with E-state index in [1.54, 1.807) is 48.5 Å². The molecule has 0 amide bonds. The van der Waals surface area contributed by atoms with Crippen LogP contribution >= 0.6 is 0 Å². The number of anilines is 4. The summed E-state index contributed by atoms with van der Waals surface area (Å²) >= 11 is 0. The maximum absolute atomic E-state index is 13.5. The van der Waals surface area contributed by atoms with Gasteiger partial charge in [-0.15, -0.1) is 0 Å². The highest BCUT2D eigenvalue weighted by molar-refractivity contribution is 7.92. The van der Waals surface area contributed by atoms with E-state index in [-0.39, 0.29) is 19.1 Å². The van der Waals surface area contributed by atoms with Crippen molar-refractivity contribution < 1.29 is 26.7 Å². The van der Waals surface area contributed by atoms with Crippen molar-refractivity contribution in [2.45, 2.75) is 19.3 Å². The second-order valence-corrected chi connectivity index (χ2v) is 9.20. The van der Waals surface area contributed by atoms with Gasteiger partial charge in [0.05, 0.1) is 18.6 Å². The van der Waals surface area contributed by atoms with Crippen LogP contribution < -0.4 is 14.9 Å². The molecular weight excluding hydrogens is 459 g/mol. The van der Waals surface area contributed by atoms with Crippen molar-refractivity contribution in [1.82, 2.24) is 9.97 Å². The van der Waals surface area contributed by atoms with Crippen LogP contribution in [0.3, 0.4) is 0 Å². The molecular formula is C21H22F3N5O3S. The van der Waals surface area contributed by atoms with Crippen molar-refractivity contribution in [2.24, 2.45) is 0 Å². The van der Waals surface area contributed by atoms with E-state index < -0.39 is 27.6 Å². The van der Waals surface area contributed by atoms with E-state index >= 15 is 0 Å². The zero-order valence-corrected chi connectivity index (χ0v) is 18.6. The molecule has 33 heavy (non-hydrogen) atoms. The Bertz CT molecular complexity index is 1220. The molecule has 1 heterocycles. The van der Waals surface area contributed by atoms with Gasteiger partial charge >= 0.3 is 6.18 Å². The molecule has 0 saturated heterocycles. The normalized spacial score (nSPS) is 11.8. The number of aromatic nitrogens is 2. The molecule has 3 N–H and O–H groups in total. The van der Waals surface area contributed by atoms with E-state index in [1.165, 1.54) is 7.05 Å². The Morgan fingerprint density at radius 3 is 2.39 bits per heavy atom. The predicted molar refractivity (Wildman–Crippen MR) is 120 cm³/mol. The minimum absolute atomic E-state index is 0.0316. The van der Waals surface area contributed by atoms with E-state index in [2.05, 4.69) is 20.6 Å². The van der Waals surface area contributed by atoms with Crippen molar-refractivity contribution in [3.05, 3.63) is 71.4 Å². The largest absolute Gasteiger partial charge is 0.421 e. The minimum Gasteiger partial charge on any atom is -0.392 e. The van der Waals surface area contributed by atoms with Gasteiger partial charge in [0.1, 0.15) is 11.4 Å². The molecule has 0 aliphatic rings. The number of alkyl halides is 3. The van der Waals surface area contributed by atoms with Crippen LogP contribution in [-0.2, 0) is 29.4 Å². The van der Waals surface area contributed by atoms with E-state index in [0.717, 1.165) is 10.6 Å². The van der Waals surface area contributed by atoms with Crippen molar-refractivity contribution in [1.29, 1.82) is 0 Å². The van der Waals surface area contributed by atoms with Gasteiger partial charge in [-0.05, 0) is 35.4 Å². The Kier molecular flexibility index (Phi) is 7.08. The highest BCUT2D eigenvalue weighted by atomic mass is 32.2. The van der Waals surface area contributed by atoms with Crippen molar-refractivity contribution in [3.8, 4) is 0 Å². The maximum Gasteiger partial charge on any atom is 0.421 e. The van der Waals surface area contributed by atoms with Gasteiger partial charge in [0, 0.05) is 25.5 Å². The molecule has 0 aliphatic carbocycles. The second-order valence-electron chi connectivity index (χ2n) is 7.19. The van der Waals surface area contributed by atoms with Crippen LogP contribution in [0, 0.1) is 0 Å². The Hall–Kier alpha value is -3.38. The van der Waals surface area contributed by atoms with Gasteiger partial charge in [0.15, 0.2) is 0 Å². The number of halogens is 3. The quantitative estimate of drug-likeness (QED) is 0.450. The van der Waals surface area contributed by atoms with Crippen LogP contribution in [0.15, 0.2) is 54.7 Å². The van der Waals surface area contributed by atoms with Crippen LogP contribution in [-0.4, -0.2) is 36.8 Å². The highest BCUT2D eigenvalue weighted by Gasteiger charge is 2.35. The Balaban J connectivity index is 1.84. The first-order chi connectivity index (χ1) is 15.5. The van der Waals surface area contributed by atoms with Gasteiger partial charge < -0.3 is 15.7 Å². The number of aliphatic hydroxyl groups excluding tert-OH is 1. The molecule has 0 aliphatic heterocycles. The third-order valence-electron chi connectivity index (χ3n) is 4.72. The van der Waals surface area contributed by atoms with Crippen LogP contribution in [0.2, 0.25) is 0 Å². The van der Waals surface area contributed by atoms with E-state index in [9.17, 15) is 21.6 Å². The number of sulfonamides is 1. The lowest BCUT2D eigenvalue weighted by atomic mass is 10.2. The van der Waals surface area contributed by atoms with Gasteiger partial charge in [-0.3, -0.25) is 4.31 Å². The molecule has 3 aromatic rings. The van der Waals surface area contributed by atoms with Gasteiger partial charge in [0.25, 0.3) is 0 Å². The summed E-state index contributed by atoms with van der Waals surface area (Å²) in [6.07, 6.45) is -2.93. The SMILES string of the molecule is CN(c1cccc(CNc2nc(Nc3ccc(CO)cc3)ncc2C(F)(F)F)c1)S(C)(=O)=O. The first-order valence-corrected chi connectivity index (χ1v) is 11.5. The molecule has 2 aromatic carbocycles. The molecule has 176 valence electrons. The van der Waals surface area contributed by atoms with Crippen molar-refractivity contribution >= 4 is 33.2 Å². The Labute approximate surface area is 189 Å². The van der Waals surface area contributed by atoms with Crippen LogP contribution in [0.4, 0.5) is 36.3 Å². The fourth-order valence-electron chi connectivity index (χ4n) is 2.85. The summed E-state index contributed by atoms with van der Waals surface area (Å²) in [6, 6.07) is 13.0. The average molecular weight is 482 g/mol. The van der Waals surface area contributed by atoms with Crippen LogP contribution in [0.5, 0.6) is 0 Å². The molecule has 0 saturated carbocycles. The number of nitrogens with zero attached hydrogens (tertiary/aromatic N) is 3. The summed E-state index contributed by atoms with van der Waals surface area (Å²) in [5.74, 6) is -0.471. The lowest BCUT2D eigenvalue weighted by Crippen LogP contribution is -2.24. The van der Waals surface area contributed by atoms with Crippen molar-refractivity contribution in [3.63, 3.8) is 0 Å². The number of benzene rings is 2. The average Bonchev–Trinajstić information content (AvgIpc) is 2.76. The topological polar surface area (TPSA) is 107 Å². The molecule has 0 radical (unpaired) electrons. The smallest absolute Gasteiger partial charge is 0.392 e. The van der Waals surface area contributed by atoms with Gasteiger partial charge in [-0.2, -0.15) is 18.2 Å². The first kappa shape index (κ1) is 24.3. The lowest BCUT2D eigenvalue weighted by Gasteiger charge is -2.18. The molecule has 12 heteroatoms. The zero-order valence-electron chi connectivity index (χ0n) is 17.8. The third-order valence-corrected chi connectivity index (χ3v) is 5.92. The summed E-state index contributed by atoms with van der Waals surface area (Å²) in [7, 11) is -2.10. The summed E-state index contributed by atoms with van der Waals surface area (Å²) in [5.41, 5.74) is 1.12. The molecule has 0 atom stereocenters. The van der Waals surface area contributed by atoms with E-state index in [4.69, 9.17) is 5.11 Å². The van der Waals surface area contributed by atoms with Gasteiger partial charge in [-0.1, -0.05) is 24.3 Å². The van der Waals surface area contributed by atoms with Crippen LogP contribution in [0.25, 0.3) is 0 Å². The monoisotopic (exact) mass is 481 g/mol. The fourth-order valence-corrected chi connectivity index (χ4v) is 3.34. The van der Waals surface area contributed by atoms with E-state index in [0.29, 0.717) is 28.7 Å². The molecule has 0 bridgehead atoms. The van der Waals surface area contributed by atoms with Crippen LogP contribution in [0.1, 0.15) is 16.7 Å². The molecule has 0 spiro atoms. The predicted octanol–water partition coefficient (Wildman–Crippen LogP) is 3.74. The maximum atomic E-state index is 13.5. The van der Waals surface area contributed by atoms with E-state index in [1.807, 2.05) is 0 Å². The first-order valence-electron chi connectivity index (χ1n) is 9.65. The van der Waals surface area contributed by atoms with Crippen molar-refractivity contribution in [2.75, 3.05) is 28.2 Å². The lowest BCUT2D eigenvalue weighted by molar-refractivity contribution is -0.137. The molecule has 0 unspecified atom stereocenters. The standard InChI is InChI=1S/C21H22F3N5O3S/c1-29(33(2,31)32)17-5-3-4-15(10-17)11-25-19-18(21(22,23)24)12-26-20(28-19)27-16-8-6-14(13-30)7-9-16/h3-10,12,30H,11,13H2,1-2H3,(H2,25,26,27,28). The second kappa shape index (κ2) is 9.63. The fraction of sp³-hybridized carbons (Fsp3) is 0.238. The summed E-state index contributed by atoms with van der Waals surface area (Å²) < 4.78 is 65.0. The Morgan fingerprint density at radius 2 is 1.79 bits per heavy atom. The van der Waals surface area contributed by atoms with Gasteiger partial charge in [0.2, 0.25) is 16.0 Å². The number of hydrogen-bond acceptors (Lipinski definition) is 7. The van der Waals surface area contributed by atoms with Gasteiger partial charge in [-0.25, -0.2) is 13.4 Å². The summed E-state index contributed by atoms with van der Waals surface area (Å²) in [6.45, 7) is -0.164. The molecule has 0 fully saturated rings. The number of hydrogen-bond donors (Lipinski definition) is 3. The number of nitrogens with one attached hydrogen (secondary N) is 2. The molecule has 3 rings (SSSR count). The zero-order chi connectivity index (χ0) is 24.2. The number of aliphatic hydroxyl groups is 1. The minimum atomic E-state index is -4.68. The number of rotatable bonds is 8. The summed E-state index contributed by atoms with van der Waals surface area (Å²) in [5, 5.41) is 14.6. The highest BCUT2D eigenvalue weighted by Crippen LogP contribution is 2.34.